The molecule has 0 unspecified atom stereocenters. The Morgan fingerprint density at radius 3 is 2.42 bits per heavy atom. The van der Waals surface area contributed by atoms with Crippen LogP contribution in [0, 0.1) is 5.82 Å². The number of nitrogens with zero attached hydrogens (tertiary/aromatic N) is 4. The molecule has 1 aromatic carbocycles. The minimum Gasteiger partial charge on any atom is -0.352 e. The van der Waals surface area contributed by atoms with Crippen LogP contribution in [0.2, 0.25) is 5.02 Å². The van der Waals surface area contributed by atoms with Crippen LogP contribution in [0.15, 0.2) is 30.3 Å². The van der Waals surface area contributed by atoms with E-state index in [0.29, 0.717) is 37.7 Å². The number of halogens is 2. The molecule has 2 heterocycles. The summed E-state index contributed by atoms with van der Waals surface area (Å²) in [6, 6.07) is 7.19. The molecular weight excluding hydrogens is 361 g/mol. The van der Waals surface area contributed by atoms with Gasteiger partial charge >= 0.3 is 0 Å². The van der Waals surface area contributed by atoms with Gasteiger partial charge in [-0.25, -0.2) is 4.39 Å². The number of nitrogens with one attached hydrogen (secondary N) is 1. The highest BCUT2D eigenvalue weighted by atomic mass is 35.5. The Kier molecular flexibility index (Phi) is 5.32. The van der Waals surface area contributed by atoms with Crippen LogP contribution in [-0.2, 0) is 4.79 Å². The van der Waals surface area contributed by atoms with Crippen molar-refractivity contribution in [3.8, 4) is 0 Å². The molecule has 1 aromatic heterocycles. The molecular formula is C17H17ClFN5O2. The lowest BCUT2D eigenvalue weighted by molar-refractivity contribution is -0.129. The quantitative estimate of drug-likeness (QED) is 0.887. The Morgan fingerprint density at radius 2 is 1.85 bits per heavy atom. The Morgan fingerprint density at radius 1 is 1.12 bits per heavy atom. The van der Waals surface area contributed by atoms with Crippen LogP contribution in [0.4, 0.5) is 15.9 Å². The zero-order valence-corrected chi connectivity index (χ0v) is 14.8. The lowest BCUT2D eigenvalue weighted by atomic mass is 10.2. The van der Waals surface area contributed by atoms with E-state index in [2.05, 4.69) is 15.5 Å². The topological polar surface area (TPSA) is 78.4 Å². The third-order valence-corrected chi connectivity index (χ3v) is 4.40. The molecule has 0 aliphatic carbocycles. The summed E-state index contributed by atoms with van der Waals surface area (Å²) >= 11 is 5.70. The smallest absolute Gasteiger partial charge is 0.276 e. The zero-order chi connectivity index (χ0) is 18.7. The fourth-order valence-corrected chi connectivity index (χ4v) is 2.81. The number of carbonyl (C=O) groups excluding carboxylic acids is 2. The lowest BCUT2D eigenvalue weighted by Crippen LogP contribution is -2.48. The van der Waals surface area contributed by atoms with Gasteiger partial charge in [0.25, 0.3) is 5.91 Å². The molecule has 9 heteroatoms. The van der Waals surface area contributed by atoms with Gasteiger partial charge in [0.05, 0.1) is 5.02 Å². The number of carbonyl (C=O) groups is 2. The maximum atomic E-state index is 13.2. The molecule has 2 aromatic rings. The van der Waals surface area contributed by atoms with Crippen molar-refractivity contribution in [2.45, 2.75) is 6.92 Å². The largest absolute Gasteiger partial charge is 0.352 e. The molecule has 0 bridgehead atoms. The maximum Gasteiger partial charge on any atom is 0.276 e. The van der Waals surface area contributed by atoms with Crippen LogP contribution in [0.25, 0.3) is 0 Å². The van der Waals surface area contributed by atoms with Crippen molar-refractivity contribution in [1.29, 1.82) is 0 Å². The Bertz CT molecular complexity index is 822. The predicted molar refractivity (Wildman–Crippen MR) is 95.9 cm³/mol. The molecule has 2 amide bonds. The van der Waals surface area contributed by atoms with E-state index in [1.54, 1.807) is 24.0 Å². The molecule has 26 heavy (non-hydrogen) atoms. The third-order valence-electron chi connectivity index (χ3n) is 4.11. The van der Waals surface area contributed by atoms with Gasteiger partial charge in [-0.15, -0.1) is 10.2 Å². The summed E-state index contributed by atoms with van der Waals surface area (Å²) in [6.07, 6.45) is 0. The fourth-order valence-electron chi connectivity index (χ4n) is 2.63. The molecule has 1 aliphatic heterocycles. The van der Waals surface area contributed by atoms with E-state index in [1.165, 1.54) is 18.2 Å². The van der Waals surface area contributed by atoms with Crippen molar-refractivity contribution in [2.24, 2.45) is 0 Å². The summed E-state index contributed by atoms with van der Waals surface area (Å²) in [5, 5.41) is 10.6. The average Bonchev–Trinajstić information content (AvgIpc) is 2.65. The zero-order valence-electron chi connectivity index (χ0n) is 14.1. The number of rotatable bonds is 3. The van der Waals surface area contributed by atoms with Crippen molar-refractivity contribution in [2.75, 3.05) is 36.4 Å². The summed E-state index contributed by atoms with van der Waals surface area (Å²) in [5.74, 6) is -0.315. The van der Waals surface area contributed by atoms with Gasteiger partial charge in [0, 0.05) is 38.8 Å². The van der Waals surface area contributed by atoms with E-state index in [4.69, 9.17) is 11.6 Å². The van der Waals surface area contributed by atoms with Gasteiger partial charge in [0.2, 0.25) is 5.91 Å². The minimum atomic E-state index is -0.557. The first-order valence-electron chi connectivity index (χ1n) is 8.04. The highest BCUT2D eigenvalue weighted by Crippen LogP contribution is 2.20. The van der Waals surface area contributed by atoms with E-state index in [-0.39, 0.29) is 16.6 Å². The first-order chi connectivity index (χ1) is 12.4. The summed E-state index contributed by atoms with van der Waals surface area (Å²) < 4.78 is 13.2. The van der Waals surface area contributed by atoms with Gasteiger partial charge < -0.3 is 15.1 Å². The number of anilines is 2. The number of hydrogen-bond donors (Lipinski definition) is 1. The van der Waals surface area contributed by atoms with E-state index >= 15 is 0 Å². The summed E-state index contributed by atoms with van der Waals surface area (Å²) in [6.45, 7) is 4.13. The van der Waals surface area contributed by atoms with Gasteiger partial charge in [-0.2, -0.15) is 0 Å². The van der Waals surface area contributed by atoms with Gasteiger partial charge in [-0.3, -0.25) is 9.59 Å². The first kappa shape index (κ1) is 18.1. The Hall–Kier alpha value is -2.74. The van der Waals surface area contributed by atoms with E-state index in [0.717, 1.165) is 0 Å². The highest BCUT2D eigenvalue weighted by molar-refractivity contribution is 6.31. The molecule has 136 valence electrons. The van der Waals surface area contributed by atoms with E-state index < -0.39 is 11.7 Å². The first-order valence-corrected chi connectivity index (χ1v) is 8.42. The molecule has 0 saturated carbocycles. The van der Waals surface area contributed by atoms with Crippen LogP contribution in [0.1, 0.15) is 17.4 Å². The van der Waals surface area contributed by atoms with Crippen LogP contribution in [0.3, 0.4) is 0 Å². The van der Waals surface area contributed by atoms with Crippen molar-refractivity contribution >= 4 is 34.9 Å². The van der Waals surface area contributed by atoms with Crippen molar-refractivity contribution in [3.05, 3.63) is 46.9 Å². The molecule has 1 N–H and O–H groups in total. The number of hydrogen-bond acceptors (Lipinski definition) is 5. The Labute approximate surface area is 154 Å². The second-order valence-corrected chi connectivity index (χ2v) is 6.26. The van der Waals surface area contributed by atoms with Gasteiger partial charge in [0.15, 0.2) is 11.5 Å². The predicted octanol–water partition coefficient (Wildman–Crippen LogP) is 2.19. The van der Waals surface area contributed by atoms with Crippen molar-refractivity contribution in [3.63, 3.8) is 0 Å². The van der Waals surface area contributed by atoms with E-state index in [9.17, 15) is 14.0 Å². The number of piperazine rings is 1. The molecule has 0 atom stereocenters. The Balaban J connectivity index is 1.63. The highest BCUT2D eigenvalue weighted by Gasteiger charge is 2.20. The van der Waals surface area contributed by atoms with Crippen LogP contribution >= 0.6 is 11.6 Å². The minimum absolute atomic E-state index is 0.0589. The fraction of sp³-hybridized carbons (Fsp3) is 0.294. The van der Waals surface area contributed by atoms with E-state index in [1.807, 2.05) is 4.90 Å². The normalized spacial score (nSPS) is 14.3. The maximum absolute atomic E-state index is 13.2. The third kappa shape index (κ3) is 4.08. The van der Waals surface area contributed by atoms with Crippen LogP contribution < -0.4 is 10.2 Å². The molecule has 1 fully saturated rings. The average molecular weight is 378 g/mol. The van der Waals surface area contributed by atoms with Crippen molar-refractivity contribution < 1.29 is 14.0 Å². The molecule has 7 nitrogen and oxygen atoms in total. The lowest BCUT2D eigenvalue weighted by Gasteiger charge is -2.34. The standard InChI is InChI=1S/C17H17ClFN5O2/c1-11(25)23-6-8-24(9-7-23)16-5-4-15(21-22-16)17(26)20-12-2-3-14(19)13(18)10-12/h2-5,10H,6-9H2,1H3,(H,20,26). The second kappa shape index (κ2) is 7.65. The van der Waals surface area contributed by atoms with Crippen LogP contribution in [0.5, 0.6) is 0 Å². The summed E-state index contributed by atoms with van der Waals surface area (Å²) in [5.41, 5.74) is 0.504. The van der Waals surface area contributed by atoms with Gasteiger partial charge in [0.1, 0.15) is 5.82 Å². The molecule has 0 radical (unpaired) electrons. The van der Waals surface area contributed by atoms with Crippen molar-refractivity contribution in [1.82, 2.24) is 15.1 Å². The van der Waals surface area contributed by atoms with Gasteiger partial charge in [-0.05, 0) is 30.3 Å². The molecule has 1 aliphatic rings. The number of aromatic nitrogens is 2. The second-order valence-electron chi connectivity index (χ2n) is 5.85. The van der Waals surface area contributed by atoms with Gasteiger partial charge in [-0.1, -0.05) is 11.6 Å². The monoisotopic (exact) mass is 377 g/mol. The number of benzene rings is 1. The SMILES string of the molecule is CC(=O)N1CCN(c2ccc(C(=O)Nc3ccc(F)c(Cl)c3)nn2)CC1. The number of amides is 2. The molecule has 3 rings (SSSR count). The summed E-state index contributed by atoms with van der Waals surface area (Å²) in [4.78, 5) is 27.4. The summed E-state index contributed by atoms with van der Waals surface area (Å²) in [7, 11) is 0. The van der Waals surface area contributed by atoms with Crippen LogP contribution in [-0.4, -0.2) is 53.1 Å². The molecule has 1 saturated heterocycles. The molecule has 0 spiro atoms.